The normalized spacial score (nSPS) is 17.2. The maximum absolute atomic E-state index is 12.5. The van der Waals surface area contributed by atoms with E-state index < -0.39 is 0 Å². The minimum atomic E-state index is -0.166. The third-order valence-corrected chi connectivity index (χ3v) is 4.73. The van der Waals surface area contributed by atoms with Crippen LogP contribution >= 0.6 is 0 Å². The molecule has 1 fully saturated rings. The largest absolute Gasteiger partial charge is 0.355 e. The van der Waals surface area contributed by atoms with E-state index >= 15 is 0 Å². The van der Waals surface area contributed by atoms with Gasteiger partial charge in [0.05, 0.1) is 18.2 Å². The fourth-order valence-corrected chi connectivity index (χ4v) is 3.20. The lowest BCUT2D eigenvalue weighted by Gasteiger charge is -2.31. The molecule has 1 aliphatic rings. The van der Waals surface area contributed by atoms with Crippen molar-refractivity contribution in [1.82, 2.24) is 20.2 Å². The third kappa shape index (κ3) is 4.65. The molecule has 0 saturated carbocycles. The highest BCUT2D eigenvalue weighted by Crippen LogP contribution is 2.19. The van der Waals surface area contributed by atoms with E-state index in [9.17, 15) is 9.59 Å². The summed E-state index contributed by atoms with van der Waals surface area (Å²) in [5.41, 5.74) is 2.97. The summed E-state index contributed by atoms with van der Waals surface area (Å²) < 4.78 is 0. The minimum absolute atomic E-state index is 0.0112. The van der Waals surface area contributed by atoms with Crippen LogP contribution in [-0.2, 0) is 22.6 Å². The van der Waals surface area contributed by atoms with Crippen molar-refractivity contribution in [3.63, 3.8) is 0 Å². The Labute approximate surface area is 153 Å². The monoisotopic (exact) mass is 352 g/mol. The Morgan fingerprint density at radius 3 is 2.85 bits per heavy atom. The number of likely N-dealkylation sites (tertiary alicyclic amines) is 1. The van der Waals surface area contributed by atoms with Crippen LogP contribution in [0, 0.1) is 12.8 Å². The van der Waals surface area contributed by atoms with E-state index in [1.54, 1.807) is 17.3 Å². The Morgan fingerprint density at radius 1 is 1.23 bits per heavy atom. The molecule has 0 spiro atoms. The molecule has 2 aromatic rings. The predicted molar refractivity (Wildman–Crippen MR) is 98.1 cm³/mol. The molecule has 1 aliphatic heterocycles. The van der Waals surface area contributed by atoms with Crippen LogP contribution in [0.5, 0.6) is 0 Å². The Balaban J connectivity index is 1.51. The second-order valence-electron chi connectivity index (χ2n) is 6.64. The van der Waals surface area contributed by atoms with Crippen LogP contribution in [0.2, 0.25) is 0 Å². The number of carbonyl (C=O) groups excluding carboxylic acids is 2. The number of amides is 2. The van der Waals surface area contributed by atoms with Crippen LogP contribution in [0.4, 0.5) is 0 Å². The highest BCUT2D eigenvalue weighted by Gasteiger charge is 2.30. The number of rotatable bonds is 6. The SMILES string of the molecule is Cc1cccnc1CCNC(=O)C1CCC(=O)N(Cc2ccccn2)C1. The van der Waals surface area contributed by atoms with Crippen molar-refractivity contribution in [3.8, 4) is 0 Å². The summed E-state index contributed by atoms with van der Waals surface area (Å²) in [6.07, 6.45) is 5.21. The molecular weight excluding hydrogens is 328 g/mol. The van der Waals surface area contributed by atoms with E-state index in [2.05, 4.69) is 15.3 Å². The van der Waals surface area contributed by atoms with Gasteiger partial charge in [0, 0.05) is 44.0 Å². The average molecular weight is 352 g/mol. The van der Waals surface area contributed by atoms with Crippen molar-refractivity contribution in [2.45, 2.75) is 32.7 Å². The van der Waals surface area contributed by atoms with Crippen LogP contribution in [0.25, 0.3) is 0 Å². The molecule has 3 rings (SSSR count). The number of nitrogens with zero attached hydrogens (tertiary/aromatic N) is 3. The van der Waals surface area contributed by atoms with Gasteiger partial charge in [0.1, 0.15) is 0 Å². The summed E-state index contributed by atoms with van der Waals surface area (Å²) in [5.74, 6) is -0.0674. The number of aromatic nitrogens is 2. The average Bonchev–Trinajstić information content (AvgIpc) is 2.66. The van der Waals surface area contributed by atoms with E-state index in [1.807, 2.05) is 37.3 Å². The molecule has 1 unspecified atom stereocenters. The highest BCUT2D eigenvalue weighted by atomic mass is 16.2. The first-order valence-corrected chi connectivity index (χ1v) is 8.99. The van der Waals surface area contributed by atoms with Gasteiger partial charge in [-0.15, -0.1) is 0 Å². The number of hydrogen-bond donors (Lipinski definition) is 1. The van der Waals surface area contributed by atoms with E-state index in [1.165, 1.54) is 0 Å². The first-order chi connectivity index (χ1) is 12.6. The summed E-state index contributed by atoms with van der Waals surface area (Å²) in [5, 5.41) is 2.99. The van der Waals surface area contributed by atoms with Crippen molar-refractivity contribution < 1.29 is 9.59 Å². The number of aryl methyl sites for hydroxylation is 1. The van der Waals surface area contributed by atoms with Gasteiger partial charge in [-0.25, -0.2) is 0 Å². The van der Waals surface area contributed by atoms with Gasteiger partial charge in [-0.2, -0.15) is 0 Å². The number of nitrogens with one attached hydrogen (secondary N) is 1. The molecule has 1 atom stereocenters. The molecule has 0 aliphatic carbocycles. The Hall–Kier alpha value is -2.76. The Bertz CT molecular complexity index is 763. The van der Waals surface area contributed by atoms with Gasteiger partial charge in [-0.05, 0) is 37.1 Å². The van der Waals surface area contributed by atoms with Gasteiger partial charge in [0.15, 0.2) is 0 Å². The molecule has 6 heteroatoms. The van der Waals surface area contributed by atoms with Crippen LogP contribution in [0.1, 0.15) is 29.8 Å². The van der Waals surface area contributed by atoms with E-state index in [-0.39, 0.29) is 17.7 Å². The van der Waals surface area contributed by atoms with E-state index in [0.29, 0.717) is 38.9 Å². The van der Waals surface area contributed by atoms with Crippen LogP contribution in [-0.4, -0.2) is 39.8 Å². The van der Waals surface area contributed by atoms with Crippen molar-refractivity contribution >= 4 is 11.8 Å². The van der Waals surface area contributed by atoms with Gasteiger partial charge < -0.3 is 10.2 Å². The number of pyridine rings is 2. The first kappa shape index (κ1) is 18.0. The fraction of sp³-hybridized carbons (Fsp3) is 0.400. The lowest BCUT2D eigenvalue weighted by Crippen LogP contribution is -2.45. The standard InChI is InChI=1S/C20H24N4O2/c1-15-5-4-11-22-18(15)9-12-23-20(26)16-7-8-19(25)24(13-16)14-17-6-2-3-10-21-17/h2-6,10-11,16H,7-9,12-14H2,1H3,(H,23,26). The smallest absolute Gasteiger partial charge is 0.224 e. The summed E-state index contributed by atoms with van der Waals surface area (Å²) in [6.45, 7) is 3.48. The quantitative estimate of drug-likeness (QED) is 0.861. The third-order valence-electron chi connectivity index (χ3n) is 4.73. The van der Waals surface area contributed by atoms with Gasteiger partial charge in [0.25, 0.3) is 0 Å². The molecular formula is C20H24N4O2. The van der Waals surface area contributed by atoms with Crippen LogP contribution < -0.4 is 5.32 Å². The number of carbonyl (C=O) groups is 2. The van der Waals surface area contributed by atoms with Crippen molar-refractivity contribution in [2.24, 2.45) is 5.92 Å². The van der Waals surface area contributed by atoms with Gasteiger partial charge >= 0.3 is 0 Å². The van der Waals surface area contributed by atoms with E-state index in [0.717, 1.165) is 17.0 Å². The number of piperidine rings is 1. The summed E-state index contributed by atoms with van der Waals surface area (Å²) >= 11 is 0. The second-order valence-corrected chi connectivity index (χ2v) is 6.64. The van der Waals surface area contributed by atoms with Crippen molar-refractivity contribution in [1.29, 1.82) is 0 Å². The molecule has 136 valence electrons. The summed E-state index contributed by atoms with van der Waals surface area (Å²) in [4.78, 5) is 35.0. The molecule has 6 nitrogen and oxygen atoms in total. The molecule has 1 saturated heterocycles. The predicted octanol–water partition coefficient (Wildman–Crippen LogP) is 1.88. The molecule has 2 aromatic heterocycles. The molecule has 0 radical (unpaired) electrons. The highest BCUT2D eigenvalue weighted by molar-refractivity contribution is 5.83. The maximum atomic E-state index is 12.5. The topological polar surface area (TPSA) is 75.2 Å². The zero-order chi connectivity index (χ0) is 18.4. The molecule has 26 heavy (non-hydrogen) atoms. The Morgan fingerprint density at radius 2 is 2.08 bits per heavy atom. The maximum Gasteiger partial charge on any atom is 0.224 e. The Kier molecular flexibility index (Phi) is 5.94. The summed E-state index contributed by atoms with van der Waals surface area (Å²) in [7, 11) is 0. The zero-order valence-corrected chi connectivity index (χ0v) is 15.0. The second kappa shape index (κ2) is 8.56. The zero-order valence-electron chi connectivity index (χ0n) is 15.0. The van der Waals surface area contributed by atoms with Crippen molar-refractivity contribution in [2.75, 3.05) is 13.1 Å². The fourth-order valence-electron chi connectivity index (χ4n) is 3.20. The molecule has 1 N–H and O–H groups in total. The molecule has 3 heterocycles. The molecule has 0 aromatic carbocycles. The molecule has 0 bridgehead atoms. The van der Waals surface area contributed by atoms with Crippen LogP contribution in [0.15, 0.2) is 42.7 Å². The van der Waals surface area contributed by atoms with Gasteiger partial charge in [0.2, 0.25) is 11.8 Å². The minimum Gasteiger partial charge on any atom is -0.355 e. The van der Waals surface area contributed by atoms with E-state index in [4.69, 9.17) is 0 Å². The molecule has 2 amide bonds. The van der Waals surface area contributed by atoms with Gasteiger partial charge in [-0.1, -0.05) is 12.1 Å². The van der Waals surface area contributed by atoms with Gasteiger partial charge in [-0.3, -0.25) is 19.6 Å². The van der Waals surface area contributed by atoms with Crippen molar-refractivity contribution in [3.05, 3.63) is 59.7 Å². The lowest BCUT2D eigenvalue weighted by atomic mass is 9.96. The van der Waals surface area contributed by atoms with Crippen LogP contribution in [0.3, 0.4) is 0 Å². The summed E-state index contributed by atoms with van der Waals surface area (Å²) in [6, 6.07) is 9.58. The lowest BCUT2D eigenvalue weighted by molar-refractivity contribution is -0.138. The first-order valence-electron chi connectivity index (χ1n) is 8.99. The number of hydrogen-bond acceptors (Lipinski definition) is 4.